The average molecular weight is 384 g/mol. The first-order chi connectivity index (χ1) is 13.7. The molecule has 0 radical (unpaired) electrons. The number of H-pyrrole nitrogens is 1. The lowest BCUT2D eigenvalue weighted by Gasteiger charge is -2.40. The summed E-state index contributed by atoms with van der Waals surface area (Å²) < 4.78 is 4.68. The molecule has 2 fully saturated rings. The second-order valence-corrected chi connectivity index (χ2v) is 7.77. The van der Waals surface area contributed by atoms with Crippen LogP contribution in [0.15, 0.2) is 24.9 Å². The molecule has 0 spiro atoms. The molecule has 4 heterocycles. The maximum absolute atomic E-state index is 11.5. The first-order valence-electron chi connectivity index (χ1n) is 10.1. The summed E-state index contributed by atoms with van der Waals surface area (Å²) in [5.74, 6) is 2.03. The van der Waals surface area contributed by atoms with Gasteiger partial charge in [-0.15, -0.1) is 0 Å². The summed E-state index contributed by atoms with van der Waals surface area (Å²) in [7, 11) is 1.35. The Labute approximate surface area is 165 Å². The number of carbonyl (C=O) groups is 1. The standard InChI is InChI=1S/C20H28N6O2/c1-28-20(27)18-11-23-19(12-22-18)26-8-4-16(5-9-26)15-2-6-25(7-3-15)13-17-10-21-14-24-17/h10-12,14-16H,2-9,13H2,1H3,(H,21,24). The number of anilines is 1. The summed E-state index contributed by atoms with van der Waals surface area (Å²) in [4.78, 5) is 32.2. The van der Waals surface area contributed by atoms with E-state index in [1.165, 1.54) is 57.8 Å². The Morgan fingerprint density at radius 1 is 1.07 bits per heavy atom. The van der Waals surface area contributed by atoms with Gasteiger partial charge in [-0.1, -0.05) is 0 Å². The van der Waals surface area contributed by atoms with E-state index in [2.05, 4.69) is 34.5 Å². The van der Waals surface area contributed by atoms with Gasteiger partial charge in [-0.2, -0.15) is 0 Å². The highest BCUT2D eigenvalue weighted by Gasteiger charge is 2.30. The highest BCUT2D eigenvalue weighted by atomic mass is 16.5. The average Bonchev–Trinajstić information content (AvgIpc) is 3.27. The van der Waals surface area contributed by atoms with Crippen molar-refractivity contribution in [3.63, 3.8) is 0 Å². The minimum absolute atomic E-state index is 0.253. The third kappa shape index (κ3) is 4.32. The number of aromatic amines is 1. The number of aromatic nitrogens is 4. The summed E-state index contributed by atoms with van der Waals surface area (Å²) in [5.41, 5.74) is 1.45. The molecule has 2 aromatic rings. The number of carbonyl (C=O) groups excluding carboxylic acids is 1. The van der Waals surface area contributed by atoms with Gasteiger partial charge >= 0.3 is 5.97 Å². The fraction of sp³-hybridized carbons (Fsp3) is 0.600. The van der Waals surface area contributed by atoms with E-state index in [0.717, 1.165) is 37.3 Å². The Morgan fingerprint density at radius 3 is 2.36 bits per heavy atom. The van der Waals surface area contributed by atoms with Gasteiger partial charge in [0, 0.05) is 31.5 Å². The highest BCUT2D eigenvalue weighted by molar-refractivity contribution is 5.86. The molecule has 2 aromatic heterocycles. The van der Waals surface area contributed by atoms with Crippen molar-refractivity contribution >= 4 is 11.8 Å². The molecular weight excluding hydrogens is 356 g/mol. The number of piperidine rings is 2. The second kappa shape index (κ2) is 8.68. The number of esters is 1. The van der Waals surface area contributed by atoms with Crippen LogP contribution in [0.5, 0.6) is 0 Å². The Balaban J connectivity index is 1.24. The number of hydrogen-bond donors (Lipinski definition) is 1. The van der Waals surface area contributed by atoms with Crippen molar-refractivity contribution in [2.24, 2.45) is 11.8 Å². The monoisotopic (exact) mass is 384 g/mol. The van der Waals surface area contributed by atoms with E-state index >= 15 is 0 Å². The number of nitrogens with one attached hydrogen (secondary N) is 1. The number of ether oxygens (including phenoxy) is 1. The number of methoxy groups -OCH3 is 1. The molecule has 2 aliphatic heterocycles. The molecule has 0 amide bonds. The van der Waals surface area contributed by atoms with Gasteiger partial charge in [-0.25, -0.2) is 19.7 Å². The normalized spacial score (nSPS) is 19.7. The van der Waals surface area contributed by atoms with Gasteiger partial charge in [0.05, 0.1) is 25.8 Å². The predicted molar refractivity (Wildman–Crippen MR) is 105 cm³/mol. The van der Waals surface area contributed by atoms with E-state index in [-0.39, 0.29) is 5.69 Å². The lowest BCUT2D eigenvalue weighted by Crippen LogP contribution is -2.41. The van der Waals surface area contributed by atoms with Gasteiger partial charge in [-0.3, -0.25) is 4.90 Å². The minimum Gasteiger partial charge on any atom is -0.464 e. The van der Waals surface area contributed by atoms with Gasteiger partial charge in [0.15, 0.2) is 5.69 Å². The van der Waals surface area contributed by atoms with Crippen molar-refractivity contribution in [1.29, 1.82) is 0 Å². The third-order valence-corrected chi connectivity index (χ3v) is 6.14. The topological polar surface area (TPSA) is 87.2 Å². The number of hydrogen-bond acceptors (Lipinski definition) is 7. The zero-order chi connectivity index (χ0) is 19.3. The molecule has 4 rings (SSSR count). The first-order valence-corrected chi connectivity index (χ1v) is 10.1. The molecule has 1 N–H and O–H groups in total. The quantitative estimate of drug-likeness (QED) is 0.790. The highest BCUT2D eigenvalue weighted by Crippen LogP contribution is 2.33. The van der Waals surface area contributed by atoms with E-state index in [1.807, 2.05) is 6.20 Å². The van der Waals surface area contributed by atoms with Crippen molar-refractivity contribution in [2.75, 3.05) is 38.2 Å². The molecular formula is C20H28N6O2. The van der Waals surface area contributed by atoms with Crippen LogP contribution in [-0.4, -0.2) is 64.1 Å². The molecule has 0 bridgehead atoms. The first kappa shape index (κ1) is 18.9. The van der Waals surface area contributed by atoms with Crippen molar-refractivity contribution < 1.29 is 9.53 Å². The Morgan fingerprint density at radius 2 is 1.79 bits per heavy atom. The smallest absolute Gasteiger partial charge is 0.358 e. The molecule has 2 saturated heterocycles. The Bertz CT molecular complexity index is 748. The second-order valence-electron chi connectivity index (χ2n) is 7.77. The molecule has 28 heavy (non-hydrogen) atoms. The van der Waals surface area contributed by atoms with Crippen LogP contribution < -0.4 is 4.90 Å². The molecule has 150 valence electrons. The minimum atomic E-state index is -0.448. The third-order valence-electron chi connectivity index (χ3n) is 6.14. The molecule has 0 unspecified atom stereocenters. The maximum Gasteiger partial charge on any atom is 0.358 e. The molecule has 0 saturated carbocycles. The van der Waals surface area contributed by atoms with E-state index in [0.29, 0.717) is 0 Å². The van der Waals surface area contributed by atoms with Crippen molar-refractivity contribution in [1.82, 2.24) is 24.8 Å². The number of likely N-dealkylation sites (tertiary alicyclic amines) is 1. The van der Waals surface area contributed by atoms with Crippen molar-refractivity contribution in [3.05, 3.63) is 36.3 Å². The van der Waals surface area contributed by atoms with Gasteiger partial charge in [0.2, 0.25) is 0 Å². The predicted octanol–water partition coefficient (Wildman–Crippen LogP) is 2.11. The van der Waals surface area contributed by atoms with E-state index in [4.69, 9.17) is 0 Å². The molecule has 2 aliphatic rings. The maximum atomic E-state index is 11.5. The van der Waals surface area contributed by atoms with Crippen LogP contribution in [0.25, 0.3) is 0 Å². The van der Waals surface area contributed by atoms with Gasteiger partial charge in [0.1, 0.15) is 5.82 Å². The summed E-state index contributed by atoms with van der Waals surface area (Å²) in [6, 6.07) is 0. The van der Waals surface area contributed by atoms with Crippen LogP contribution in [0, 0.1) is 11.8 Å². The number of nitrogens with zero attached hydrogens (tertiary/aromatic N) is 5. The summed E-state index contributed by atoms with van der Waals surface area (Å²) in [5, 5.41) is 0. The lowest BCUT2D eigenvalue weighted by molar-refractivity contribution is 0.0593. The van der Waals surface area contributed by atoms with Gasteiger partial charge in [-0.05, 0) is 50.6 Å². The molecule has 0 atom stereocenters. The van der Waals surface area contributed by atoms with Gasteiger partial charge < -0.3 is 14.6 Å². The Kier molecular flexibility index (Phi) is 5.85. The van der Waals surface area contributed by atoms with Crippen molar-refractivity contribution in [3.8, 4) is 0 Å². The lowest BCUT2D eigenvalue weighted by atomic mass is 9.79. The van der Waals surface area contributed by atoms with Crippen LogP contribution in [0.3, 0.4) is 0 Å². The largest absolute Gasteiger partial charge is 0.464 e. The summed E-state index contributed by atoms with van der Waals surface area (Å²) in [6.07, 6.45) is 11.8. The molecule has 0 aromatic carbocycles. The van der Waals surface area contributed by atoms with Crippen LogP contribution in [0.4, 0.5) is 5.82 Å². The Hall–Kier alpha value is -2.48. The van der Waals surface area contributed by atoms with Crippen LogP contribution in [-0.2, 0) is 11.3 Å². The van der Waals surface area contributed by atoms with E-state index in [9.17, 15) is 4.79 Å². The summed E-state index contributed by atoms with van der Waals surface area (Å²) >= 11 is 0. The van der Waals surface area contributed by atoms with Gasteiger partial charge in [0.25, 0.3) is 0 Å². The zero-order valence-corrected chi connectivity index (χ0v) is 16.4. The van der Waals surface area contributed by atoms with E-state index in [1.54, 1.807) is 12.5 Å². The fourth-order valence-electron chi connectivity index (χ4n) is 4.49. The van der Waals surface area contributed by atoms with Crippen LogP contribution >= 0.6 is 0 Å². The van der Waals surface area contributed by atoms with Crippen LogP contribution in [0.2, 0.25) is 0 Å². The zero-order valence-electron chi connectivity index (χ0n) is 16.4. The summed E-state index contributed by atoms with van der Waals surface area (Å²) in [6.45, 7) is 5.33. The number of imidazole rings is 1. The molecule has 8 heteroatoms. The SMILES string of the molecule is COC(=O)c1cnc(N2CCC(C3CCN(Cc4cnc[nH]4)CC3)CC2)cn1. The van der Waals surface area contributed by atoms with Crippen molar-refractivity contribution in [2.45, 2.75) is 32.2 Å². The fourth-order valence-corrected chi connectivity index (χ4v) is 4.49. The molecule has 0 aliphatic carbocycles. The van der Waals surface area contributed by atoms with E-state index < -0.39 is 5.97 Å². The molecule has 8 nitrogen and oxygen atoms in total. The number of rotatable bonds is 5. The van der Waals surface area contributed by atoms with Crippen LogP contribution in [0.1, 0.15) is 41.9 Å².